The number of rotatable bonds is 7. The highest BCUT2D eigenvalue weighted by Gasteiger charge is 2.29. The van der Waals surface area contributed by atoms with Gasteiger partial charge in [0.2, 0.25) is 5.91 Å². The van der Waals surface area contributed by atoms with Crippen LogP contribution in [0.2, 0.25) is 5.15 Å². The van der Waals surface area contributed by atoms with Crippen LogP contribution in [0.4, 0.5) is 0 Å². The van der Waals surface area contributed by atoms with Crippen LogP contribution in [-0.2, 0) is 16.1 Å². The van der Waals surface area contributed by atoms with Crippen molar-refractivity contribution in [1.29, 1.82) is 0 Å². The zero-order valence-corrected chi connectivity index (χ0v) is 12.2. The number of halogens is 1. The zero-order chi connectivity index (χ0) is 14.5. The predicted octanol–water partition coefficient (Wildman–Crippen LogP) is 0.927. The van der Waals surface area contributed by atoms with Crippen molar-refractivity contribution < 1.29 is 9.53 Å². The second kappa shape index (κ2) is 6.85. The molecule has 0 radical (unpaired) electrons. The van der Waals surface area contributed by atoms with Gasteiger partial charge in [0.1, 0.15) is 17.5 Å². The molecule has 6 nitrogen and oxygen atoms in total. The molecule has 110 valence electrons. The molecule has 0 aliphatic heterocycles. The van der Waals surface area contributed by atoms with E-state index < -0.39 is 0 Å². The van der Waals surface area contributed by atoms with E-state index in [-0.39, 0.29) is 29.1 Å². The molecule has 0 bridgehead atoms. The van der Waals surface area contributed by atoms with Gasteiger partial charge in [-0.25, -0.2) is 4.98 Å². The van der Waals surface area contributed by atoms with E-state index in [4.69, 9.17) is 16.3 Å². The summed E-state index contributed by atoms with van der Waals surface area (Å²) in [6, 6.07) is 1.24. The number of methoxy groups -OCH3 is 1. The van der Waals surface area contributed by atoms with E-state index >= 15 is 0 Å². The van der Waals surface area contributed by atoms with Gasteiger partial charge in [0.15, 0.2) is 0 Å². The molecule has 0 atom stereocenters. The quantitative estimate of drug-likeness (QED) is 0.600. The summed E-state index contributed by atoms with van der Waals surface area (Å²) in [5, 5.41) is 2.94. The molecule has 1 heterocycles. The van der Waals surface area contributed by atoms with Crippen LogP contribution in [0.3, 0.4) is 0 Å². The fourth-order valence-corrected chi connectivity index (χ4v) is 2.13. The third kappa shape index (κ3) is 4.05. The molecule has 1 aliphatic carbocycles. The lowest BCUT2D eigenvalue weighted by molar-refractivity contribution is -0.121. The van der Waals surface area contributed by atoms with Gasteiger partial charge in [0.05, 0.1) is 0 Å². The third-order valence-corrected chi connectivity index (χ3v) is 3.29. The molecule has 1 amide bonds. The van der Waals surface area contributed by atoms with Crippen molar-refractivity contribution in [2.75, 3.05) is 20.3 Å². The van der Waals surface area contributed by atoms with Gasteiger partial charge in [-0.15, -0.1) is 0 Å². The average Bonchev–Trinajstić information content (AvgIpc) is 3.22. The molecule has 0 aromatic carbocycles. The van der Waals surface area contributed by atoms with E-state index in [9.17, 15) is 9.59 Å². The third-order valence-electron chi connectivity index (χ3n) is 3.10. The van der Waals surface area contributed by atoms with Crippen LogP contribution in [0.25, 0.3) is 0 Å². The van der Waals surface area contributed by atoms with E-state index in [1.807, 2.05) is 0 Å². The summed E-state index contributed by atoms with van der Waals surface area (Å²) < 4.78 is 6.31. The van der Waals surface area contributed by atoms with Gasteiger partial charge >= 0.3 is 0 Å². The first-order valence-electron chi connectivity index (χ1n) is 6.64. The Labute approximate surface area is 122 Å². The van der Waals surface area contributed by atoms with Gasteiger partial charge in [-0.3, -0.25) is 14.2 Å². The van der Waals surface area contributed by atoms with Crippen LogP contribution in [0.15, 0.2) is 10.9 Å². The van der Waals surface area contributed by atoms with Gasteiger partial charge in [0, 0.05) is 32.2 Å². The van der Waals surface area contributed by atoms with Gasteiger partial charge < -0.3 is 10.1 Å². The Morgan fingerprint density at radius 1 is 1.60 bits per heavy atom. The highest BCUT2D eigenvalue weighted by molar-refractivity contribution is 6.29. The van der Waals surface area contributed by atoms with Gasteiger partial charge in [-0.2, -0.15) is 0 Å². The van der Waals surface area contributed by atoms with E-state index in [2.05, 4.69) is 10.3 Å². The summed E-state index contributed by atoms with van der Waals surface area (Å²) in [4.78, 5) is 28.0. The SMILES string of the molecule is COCCCNC(=O)Cn1c(C2CC2)nc(Cl)cc1=O. The number of aromatic nitrogens is 2. The lowest BCUT2D eigenvalue weighted by Gasteiger charge is -2.11. The molecule has 7 heteroatoms. The fraction of sp³-hybridized carbons (Fsp3) is 0.615. The smallest absolute Gasteiger partial charge is 0.255 e. The molecule has 20 heavy (non-hydrogen) atoms. The summed E-state index contributed by atoms with van der Waals surface area (Å²) in [6.07, 6.45) is 2.72. The maximum absolute atomic E-state index is 11.9. The van der Waals surface area contributed by atoms with Gasteiger partial charge in [-0.1, -0.05) is 11.6 Å². The minimum atomic E-state index is -0.279. The van der Waals surface area contributed by atoms with E-state index in [0.717, 1.165) is 19.3 Å². The standard InChI is InChI=1S/C13H18ClN3O3/c1-20-6-2-5-15-11(18)8-17-12(19)7-10(14)16-13(17)9-3-4-9/h7,9H,2-6,8H2,1H3,(H,15,18). The van der Waals surface area contributed by atoms with Crippen LogP contribution < -0.4 is 10.9 Å². The zero-order valence-electron chi connectivity index (χ0n) is 11.4. The summed E-state index contributed by atoms with van der Waals surface area (Å²) >= 11 is 5.81. The molecule has 1 aromatic heterocycles. The largest absolute Gasteiger partial charge is 0.385 e. The number of hydrogen-bond donors (Lipinski definition) is 1. The van der Waals surface area contributed by atoms with Crippen molar-refractivity contribution in [3.05, 3.63) is 27.4 Å². The summed E-state index contributed by atoms with van der Waals surface area (Å²) in [6.45, 7) is 1.11. The average molecular weight is 300 g/mol. The number of ether oxygens (including phenoxy) is 1. The molecule has 0 saturated heterocycles. The Balaban J connectivity index is 2.01. The van der Waals surface area contributed by atoms with Crippen LogP contribution >= 0.6 is 11.6 Å². The van der Waals surface area contributed by atoms with Crippen molar-refractivity contribution in [2.24, 2.45) is 0 Å². The minimum Gasteiger partial charge on any atom is -0.385 e. The van der Waals surface area contributed by atoms with Crippen molar-refractivity contribution >= 4 is 17.5 Å². The van der Waals surface area contributed by atoms with Crippen molar-refractivity contribution in [2.45, 2.75) is 31.7 Å². The first-order valence-corrected chi connectivity index (χ1v) is 7.02. The number of amides is 1. The van der Waals surface area contributed by atoms with Gasteiger partial charge in [-0.05, 0) is 19.3 Å². The number of carbonyl (C=O) groups is 1. The Morgan fingerprint density at radius 2 is 2.35 bits per heavy atom. The molecule has 1 aliphatic rings. The Kier molecular flexibility index (Phi) is 5.14. The maximum atomic E-state index is 11.9. The normalized spacial score (nSPS) is 14.3. The number of carbonyl (C=O) groups excluding carboxylic acids is 1. The van der Waals surface area contributed by atoms with Crippen molar-refractivity contribution in [1.82, 2.24) is 14.9 Å². The molecule has 0 unspecified atom stereocenters. The fourth-order valence-electron chi connectivity index (χ4n) is 1.95. The topological polar surface area (TPSA) is 73.2 Å². The highest BCUT2D eigenvalue weighted by atomic mass is 35.5. The minimum absolute atomic E-state index is 0.0121. The van der Waals surface area contributed by atoms with Crippen LogP contribution in [0.1, 0.15) is 31.0 Å². The van der Waals surface area contributed by atoms with Crippen molar-refractivity contribution in [3.8, 4) is 0 Å². The van der Waals surface area contributed by atoms with E-state index in [1.165, 1.54) is 10.6 Å². The second-order valence-corrected chi connectivity index (χ2v) is 5.22. The maximum Gasteiger partial charge on any atom is 0.255 e. The van der Waals surface area contributed by atoms with Crippen LogP contribution in [0.5, 0.6) is 0 Å². The van der Waals surface area contributed by atoms with Gasteiger partial charge in [0.25, 0.3) is 5.56 Å². The summed E-state index contributed by atoms with van der Waals surface area (Å²) in [5.74, 6) is 0.673. The molecule has 0 spiro atoms. The summed E-state index contributed by atoms with van der Waals surface area (Å²) in [5.41, 5.74) is -0.279. The second-order valence-electron chi connectivity index (χ2n) is 4.83. The first-order chi connectivity index (χ1) is 9.61. The highest BCUT2D eigenvalue weighted by Crippen LogP contribution is 2.38. The van der Waals surface area contributed by atoms with Crippen LogP contribution in [0, 0.1) is 0 Å². The monoisotopic (exact) mass is 299 g/mol. The Morgan fingerprint density at radius 3 is 3.00 bits per heavy atom. The Hall–Kier alpha value is -1.40. The molecule has 1 fully saturated rings. The number of nitrogens with zero attached hydrogens (tertiary/aromatic N) is 2. The molecule has 1 saturated carbocycles. The van der Waals surface area contributed by atoms with Crippen LogP contribution in [-0.4, -0.2) is 35.7 Å². The lowest BCUT2D eigenvalue weighted by Crippen LogP contribution is -2.34. The summed E-state index contributed by atoms with van der Waals surface area (Å²) in [7, 11) is 1.61. The Bertz CT molecular complexity index is 540. The molecule has 2 rings (SSSR count). The molecule has 1 N–H and O–H groups in total. The number of hydrogen-bond acceptors (Lipinski definition) is 4. The molecule has 1 aromatic rings. The lowest BCUT2D eigenvalue weighted by atomic mass is 10.3. The van der Waals surface area contributed by atoms with E-state index in [1.54, 1.807) is 7.11 Å². The van der Waals surface area contributed by atoms with E-state index in [0.29, 0.717) is 19.0 Å². The number of nitrogens with one attached hydrogen (secondary N) is 1. The predicted molar refractivity (Wildman–Crippen MR) is 75.0 cm³/mol. The first kappa shape index (κ1) is 15.0. The van der Waals surface area contributed by atoms with Crippen molar-refractivity contribution in [3.63, 3.8) is 0 Å². The molecular weight excluding hydrogens is 282 g/mol. The molecular formula is C13H18ClN3O3.